The number of carbonyl (C=O) groups excluding carboxylic acids is 2. The van der Waals surface area contributed by atoms with Gasteiger partial charge >= 0.3 is 0 Å². The van der Waals surface area contributed by atoms with Gasteiger partial charge in [-0.15, -0.1) is 0 Å². The number of nitrogens with zero attached hydrogens (tertiary/aromatic N) is 1. The zero-order valence-electron chi connectivity index (χ0n) is 10.1. The third-order valence-electron chi connectivity index (χ3n) is 2.39. The van der Waals surface area contributed by atoms with Gasteiger partial charge in [0.2, 0.25) is 0 Å². The number of benzene rings is 1. The maximum absolute atomic E-state index is 11.8. The zero-order chi connectivity index (χ0) is 14.5. The van der Waals surface area contributed by atoms with Crippen LogP contribution in [0.3, 0.4) is 0 Å². The Labute approximate surface area is 122 Å². The molecule has 3 N–H and O–H groups in total. The molecule has 0 atom stereocenters. The Morgan fingerprint density at radius 3 is 2.55 bits per heavy atom. The van der Waals surface area contributed by atoms with E-state index in [4.69, 9.17) is 0 Å². The predicted molar refractivity (Wildman–Crippen MR) is 75.0 cm³/mol. The Morgan fingerprint density at radius 1 is 1.10 bits per heavy atom. The number of aromatic hydroxyl groups is 1. The highest BCUT2D eigenvalue weighted by Gasteiger charge is 2.13. The summed E-state index contributed by atoms with van der Waals surface area (Å²) >= 11 is 3.19. The van der Waals surface area contributed by atoms with Gasteiger partial charge in [-0.2, -0.15) is 0 Å². The van der Waals surface area contributed by atoms with Crippen molar-refractivity contribution < 1.29 is 14.7 Å². The van der Waals surface area contributed by atoms with Crippen LogP contribution in [0.15, 0.2) is 47.1 Å². The van der Waals surface area contributed by atoms with Crippen molar-refractivity contribution in [2.45, 2.75) is 0 Å². The van der Waals surface area contributed by atoms with Crippen molar-refractivity contribution in [2.75, 3.05) is 0 Å². The van der Waals surface area contributed by atoms with Crippen molar-refractivity contribution in [3.63, 3.8) is 0 Å². The van der Waals surface area contributed by atoms with Crippen LogP contribution in [0.2, 0.25) is 0 Å². The first-order chi connectivity index (χ1) is 9.58. The minimum Gasteiger partial charge on any atom is -0.507 e. The van der Waals surface area contributed by atoms with E-state index < -0.39 is 11.8 Å². The lowest BCUT2D eigenvalue weighted by atomic mass is 10.2. The van der Waals surface area contributed by atoms with Crippen molar-refractivity contribution >= 4 is 27.7 Å². The molecule has 6 nitrogen and oxygen atoms in total. The second-order valence-corrected chi connectivity index (χ2v) is 4.70. The second-order valence-electron chi connectivity index (χ2n) is 3.78. The normalized spacial score (nSPS) is 9.85. The molecule has 0 spiro atoms. The second kappa shape index (κ2) is 6.16. The Hall–Kier alpha value is -2.41. The molecule has 0 aliphatic heterocycles. The van der Waals surface area contributed by atoms with Crippen LogP contribution < -0.4 is 10.9 Å². The molecule has 0 radical (unpaired) electrons. The summed E-state index contributed by atoms with van der Waals surface area (Å²) in [7, 11) is 0. The van der Waals surface area contributed by atoms with Crippen molar-refractivity contribution in [1.82, 2.24) is 15.8 Å². The number of phenolic OH excluding ortho intramolecular Hbond substituents is 1. The smallest absolute Gasteiger partial charge is 0.288 e. The first-order valence-electron chi connectivity index (χ1n) is 5.58. The molecular weight excluding hydrogens is 326 g/mol. The fourth-order valence-corrected chi connectivity index (χ4v) is 1.79. The Bertz CT molecular complexity index is 647. The first kappa shape index (κ1) is 14.0. The van der Waals surface area contributed by atoms with E-state index in [1.165, 1.54) is 24.4 Å². The summed E-state index contributed by atoms with van der Waals surface area (Å²) in [5, 5.41) is 9.58. The number of phenols is 1. The molecule has 2 rings (SSSR count). The Morgan fingerprint density at radius 2 is 1.85 bits per heavy atom. The minimum absolute atomic E-state index is 0.0423. The van der Waals surface area contributed by atoms with Crippen LogP contribution >= 0.6 is 15.9 Å². The average Bonchev–Trinajstić information content (AvgIpc) is 2.47. The summed E-state index contributed by atoms with van der Waals surface area (Å²) in [6, 6.07) is 9.26. The first-order valence-corrected chi connectivity index (χ1v) is 6.37. The van der Waals surface area contributed by atoms with Crippen LogP contribution in [0.5, 0.6) is 5.75 Å². The molecule has 2 amide bonds. The van der Waals surface area contributed by atoms with Crippen LogP contribution in [0.25, 0.3) is 0 Å². The number of hydrazine groups is 1. The molecule has 0 aliphatic carbocycles. The molecule has 0 bridgehead atoms. The average molecular weight is 336 g/mol. The van der Waals surface area contributed by atoms with E-state index in [1.54, 1.807) is 18.2 Å². The third-order valence-corrected chi connectivity index (χ3v) is 2.88. The standard InChI is InChI=1S/C13H10BrN3O3/c14-8-4-5-11(18)9(7-8)12(19)16-17-13(20)10-3-1-2-6-15-10/h1-7,18H,(H,16,19)(H,17,20). The van der Waals surface area contributed by atoms with Gasteiger partial charge in [0.15, 0.2) is 0 Å². The lowest BCUT2D eigenvalue weighted by molar-refractivity contribution is 0.0842. The maximum Gasteiger partial charge on any atom is 0.288 e. The van der Waals surface area contributed by atoms with E-state index in [-0.39, 0.29) is 17.0 Å². The minimum atomic E-state index is -0.631. The van der Waals surface area contributed by atoms with Gasteiger partial charge in [0.05, 0.1) is 5.56 Å². The third kappa shape index (κ3) is 3.33. The molecule has 0 saturated heterocycles. The molecule has 1 aromatic heterocycles. The van der Waals surface area contributed by atoms with Crippen LogP contribution in [0.4, 0.5) is 0 Å². The number of halogens is 1. The number of nitrogens with one attached hydrogen (secondary N) is 2. The van der Waals surface area contributed by atoms with Gasteiger partial charge in [0, 0.05) is 10.7 Å². The van der Waals surface area contributed by atoms with E-state index in [2.05, 4.69) is 31.8 Å². The molecule has 2 aromatic rings. The van der Waals surface area contributed by atoms with Crippen molar-refractivity contribution in [2.24, 2.45) is 0 Å². The number of hydrogen-bond donors (Lipinski definition) is 3. The largest absolute Gasteiger partial charge is 0.507 e. The van der Waals surface area contributed by atoms with E-state index in [0.717, 1.165) is 0 Å². The van der Waals surface area contributed by atoms with E-state index in [1.807, 2.05) is 0 Å². The fraction of sp³-hybridized carbons (Fsp3) is 0. The Kier molecular flexibility index (Phi) is 4.31. The van der Waals surface area contributed by atoms with E-state index in [9.17, 15) is 14.7 Å². The predicted octanol–water partition coefficient (Wildman–Crippen LogP) is 1.62. The number of hydrogen-bond acceptors (Lipinski definition) is 4. The summed E-state index contributed by atoms with van der Waals surface area (Å²) < 4.78 is 0.636. The molecule has 1 heterocycles. The highest BCUT2D eigenvalue weighted by molar-refractivity contribution is 9.10. The van der Waals surface area contributed by atoms with Gasteiger partial charge in [0.25, 0.3) is 11.8 Å². The highest BCUT2D eigenvalue weighted by Crippen LogP contribution is 2.21. The molecule has 0 unspecified atom stereocenters. The molecule has 0 saturated carbocycles. The zero-order valence-corrected chi connectivity index (χ0v) is 11.7. The lowest BCUT2D eigenvalue weighted by Gasteiger charge is -2.08. The fourth-order valence-electron chi connectivity index (χ4n) is 1.43. The van der Waals surface area contributed by atoms with Gasteiger partial charge in [-0.25, -0.2) is 0 Å². The van der Waals surface area contributed by atoms with Crippen molar-refractivity contribution in [3.8, 4) is 5.75 Å². The molecule has 102 valence electrons. The Balaban J connectivity index is 2.02. The molecule has 20 heavy (non-hydrogen) atoms. The maximum atomic E-state index is 11.8. The van der Waals surface area contributed by atoms with Gasteiger partial charge in [0.1, 0.15) is 11.4 Å². The van der Waals surface area contributed by atoms with Gasteiger partial charge in [-0.3, -0.25) is 25.4 Å². The topological polar surface area (TPSA) is 91.3 Å². The molecule has 1 aromatic carbocycles. The molecular formula is C13H10BrN3O3. The van der Waals surface area contributed by atoms with Crippen molar-refractivity contribution in [3.05, 3.63) is 58.3 Å². The SMILES string of the molecule is O=C(NNC(=O)c1cc(Br)ccc1O)c1ccccn1. The summed E-state index contributed by atoms with van der Waals surface area (Å²) in [5.41, 5.74) is 4.64. The van der Waals surface area contributed by atoms with E-state index in [0.29, 0.717) is 4.47 Å². The van der Waals surface area contributed by atoms with Crippen LogP contribution in [0, 0.1) is 0 Å². The van der Waals surface area contributed by atoms with Crippen LogP contribution in [-0.4, -0.2) is 21.9 Å². The van der Waals surface area contributed by atoms with Crippen molar-refractivity contribution in [1.29, 1.82) is 0 Å². The summed E-state index contributed by atoms with van der Waals surface area (Å²) in [6.07, 6.45) is 1.47. The number of pyridine rings is 1. The number of aromatic nitrogens is 1. The quantitative estimate of drug-likeness (QED) is 0.727. The number of amides is 2. The molecule has 0 aliphatic rings. The molecule has 7 heteroatoms. The van der Waals surface area contributed by atoms with Crippen LogP contribution in [0.1, 0.15) is 20.8 Å². The lowest BCUT2D eigenvalue weighted by Crippen LogP contribution is -2.41. The van der Waals surface area contributed by atoms with Gasteiger partial charge in [-0.05, 0) is 30.3 Å². The molecule has 0 fully saturated rings. The summed E-state index contributed by atoms with van der Waals surface area (Å²) in [5.74, 6) is -1.36. The summed E-state index contributed by atoms with van der Waals surface area (Å²) in [4.78, 5) is 27.3. The summed E-state index contributed by atoms with van der Waals surface area (Å²) in [6.45, 7) is 0. The van der Waals surface area contributed by atoms with Gasteiger partial charge < -0.3 is 5.11 Å². The highest BCUT2D eigenvalue weighted by atomic mass is 79.9. The number of rotatable bonds is 2. The van der Waals surface area contributed by atoms with Crippen LogP contribution in [-0.2, 0) is 0 Å². The number of carbonyl (C=O) groups is 2. The van der Waals surface area contributed by atoms with Gasteiger partial charge in [-0.1, -0.05) is 22.0 Å². The van der Waals surface area contributed by atoms with E-state index >= 15 is 0 Å². The monoisotopic (exact) mass is 335 g/mol.